The molecule has 1 aliphatic heterocycles. The summed E-state index contributed by atoms with van der Waals surface area (Å²) in [6.45, 7) is 3.39. The van der Waals surface area contributed by atoms with Crippen LogP contribution in [0.25, 0.3) is 16.6 Å². The summed E-state index contributed by atoms with van der Waals surface area (Å²) in [6.07, 6.45) is 2.93. The lowest BCUT2D eigenvalue weighted by Crippen LogP contribution is -2.42. The molecule has 0 saturated carbocycles. The van der Waals surface area contributed by atoms with E-state index in [1.54, 1.807) is 38.1 Å². The van der Waals surface area contributed by atoms with Gasteiger partial charge in [0.05, 0.1) is 16.8 Å². The first kappa shape index (κ1) is 20.5. The lowest BCUT2D eigenvalue weighted by atomic mass is 10.00. The van der Waals surface area contributed by atoms with Gasteiger partial charge in [0, 0.05) is 17.0 Å². The topological polar surface area (TPSA) is 117 Å². The molecule has 1 unspecified atom stereocenters. The van der Waals surface area contributed by atoms with E-state index in [-0.39, 0.29) is 11.4 Å². The van der Waals surface area contributed by atoms with Gasteiger partial charge in [0.15, 0.2) is 0 Å². The molecule has 9 nitrogen and oxygen atoms in total. The largest absolute Gasteiger partial charge is 0.494 e. The molecule has 4 rings (SSSR count). The van der Waals surface area contributed by atoms with Crippen molar-refractivity contribution in [1.29, 1.82) is 0 Å². The fourth-order valence-corrected chi connectivity index (χ4v) is 3.44. The maximum Gasteiger partial charge on any atom is 0.346 e. The van der Waals surface area contributed by atoms with Crippen molar-refractivity contribution >= 4 is 40.5 Å². The van der Waals surface area contributed by atoms with Gasteiger partial charge in [-0.15, -0.1) is 5.01 Å². The van der Waals surface area contributed by atoms with Crippen LogP contribution in [0.15, 0.2) is 52.5 Å². The molecule has 1 fully saturated rings. The van der Waals surface area contributed by atoms with Crippen LogP contribution < -0.4 is 10.9 Å². The van der Waals surface area contributed by atoms with Crippen molar-refractivity contribution in [2.45, 2.75) is 25.8 Å². The number of benzene rings is 1. The van der Waals surface area contributed by atoms with E-state index in [9.17, 15) is 19.5 Å². The van der Waals surface area contributed by atoms with Gasteiger partial charge in [0.2, 0.25) is 5.88 Å². The van der Waals surface area contributed by atoms with E-state index in [4.69, 9.17) is 11.6 Å². The highest BCUT2D eigenvalue weighted by molar-refractivity contribution is 6.30. The molecule has 2 N–H and O–H groups in total. The summed E-state index contributed by atoms with van der Waals surface area (Å²) in [5.74, 6) is -0.791. The molecule has 0 bridgehead atoms. The Hall–Kier alpha value is -3.72. The molecule has 3 aromatic rings. The first-order valence-electron chi connectivity index (χ1n) is 9.46. The van der Waals surface area contributed by atoms with Gasteiger partial charge >= 0.3 is 6.03 Å². The Morgan fingerprint density at radius 2 is 1.90 bits per heavy atom. The lowest BCUT2D eigenvalue weighted by Gasteiger charge is -2.17. The lowest BCUT2D eigenvalue weighted by molar-refractivity contribution is -0.130. The summed E-state index contributed by atoms with van der Waals surface area (Å²) < 4.78 is 1.02. The molecule has 0 aliphatic carbocycles. The molecule has 2 aromatic heterocycles. The van der Waals surface area contributed by atoms with Gasteiger partial charge in [-0.1, -0.05) is 36.7 Å². The van der Waals surface area contributed by atoms with Crippen molar-refractivity contribution in [2.75, 3.05) is 0 Å². The van der Waals surface area contributed by atoms with Crippen LogP contribution in [-0.2, 0) is 4.79 Å². The van der Waals surface area contributed by atoms with Crippen LogP contribution in [0.4, 0.5) is 4.79 Å². The number of hydrogen-bond donors (Lipinski definition) is 2. The highest BCUT2D eigenvalue weighted by atomic mass is 35.5. The number of aromatic hydroxyl groups is 1. The van der Waals surface area contributed by atoms with Crippen LogP contribution in [0, 0.1) is 0 Å². The summed E-state index contributed by atoms with van der Waals surface area (Å²) in [5.41, 5.74) is -1.39. The number of aromatic nitrogens is 2. The first-order chi connectivity index (χ1) is 14.8. The molecule has 10 heteroatoms. The molecule has 1 aliphatic rings. The Bertz CT molecular complexity index is 1300. The number of fused-ring (bicyclic) bond motifs is 1. The van der Waals surface area contributed by atoms with Gasteiger partial charge in [0.1, 0.15) is 11.4 Å². The number of nitrogens with zero attached hydrogens (tertiary/aromatic N) is 4. The van der Waals surface area contributed by atoms with Crippen molar-refractivity contribution in [3.05, 3.63) is 63.5 Å². The predicted molar refractivity (Wildman–Crippen MR) is 116 cm³/mol. The van der Waals surface area contributed by atoms with Crippen molar-refractivity contribution in [3.8, 4) is 11.7 Å². The van der Waals surface area contributed by atoms with Gasteiger partial charge in [-0.25, -0.2) is 14.3 Å². The van der Waals surface area contributed by atoms with Crippen LogP contribution in [0.2, 0.25) is 5.02 Å². The number of halogens is 1. The highest BCUT2D eigenvalue weighted by Crippen LogP contribution is 2.26. The number of carbonyl (C=O) groups excluding carboxylic acids is 2. The zero-order valence-corrected chi connectivity index (χ0v) is 17.4. The number of hydrogen-bond acceptors (Lipinski definition) is 6. The predicted octanol–water partition coefficient (Wildman–Crippen LogP) is 2.80. The molecular weight excluding hydrogens is 422 g/mol. The van der Waals surface area contributed by atoms with E-state index in [0.29, 0.717) is 27.2 Å². The Kier molecular flexibility index (Phi) is 4.98. The summed E-state index contributed by atoms with van der Waals surface area (Å²) in [5, 5.41) is 19.4. The molecule has 0 spiro atoms. The van der Waals surface area contributed by atoms with Crippen LogP contribution in [-0.4, -0.2) is 43.4 Å². The Morgan fingerprint density at radius 1 is 1.19 bits per heavy atom. The van der Waals surface area contributed by atoms with E-state index >= 15 is 0 Å². The number of pyridine rings is 2. The van der Waals surface area contributed by atoms with Gasteiger partial charge < -0.3 is 10.4 Å². The van der Waals surface area contributed by atoms with Crippen LogP contribution in [0.3, 0.4) is 0 Å². The standard InChI is InChI=1S/C21H18ClN5O4/c1-3-21(2)19(30)27(20(31)25-21)24-11-15-13-6-4-5-7-14(13)17(28)26(18(15)29)16-9-8-12(22)10-23-16/h4-11,29H,3H2,1-2H3,(H,25,31)/b24-11+. The SMILES string of the molecule is CCC1(C)NC(=O)N(/N=C/c2c(O)n(-c3ccc(Cl)cn3)c(=O)c3ccccc23)C1=O. The van der Waals surface area contributed by atoms with Gasteiger partial charge in [-0.05, 0) is 31.5 Å². The fraction of sp³-hybridized carbons (Fsp3) is 0.190. The number of nitrogens with one attached hydrogen (secondary N) is 1. The maximum absolute atomic E-state index is 13.0. The summed E-state index contributed by atoms with van der Waals surface area (Å²) in [6, 6.07) is 8.99. The zero-order chi connectivity index (χ0) is 22.3. The normalized spacial score (nSPS) is 18.9. The Labute approximate surface area is 181 Å². The average Bonchev–Trinajstić information content (AvgIpc) is 2.98. The minimum atomic E-state index is -1.05. The zero-order valence-electron chi connectivity index (χ0n) is 16.7. The summed E-state index contributed by atoms with van der Waals surface area (Å²) in [4.78, 5) is 42.0. The second kappa shape index (κ2) is 7.51. The number of carbonyl (C=O) groups is 2. The minimum Gasteiger partial charge on any atom is -0.494 e. The summed E-state index contributed by atoms with van der Waals surface area (Å²) in [7, 11) is 0. The number of hydrazone groups is 1. The number of urea groups is 1. The third-order valence-electron chi connectivity index (χ3n) is 5.29. The molecule has 3 heterocycles. The van der Waals surface area contributed by atoms with Gasteiger partial charge in [-0.3, -0.25) is 9.59 Å². The molecule has 1 aromatic carbocycles. The van der Waals surface area contributed by atoms with E-state index in [2.05, 4.69) is 15.4 Å². The number of imide groups is 1. The van der Waals surface area contributed by atoms with Crippen LogP contribution >= 0.6 is 11.6 Å². The first-order valence-corrected chi connectivity index (χ1v) is 9.84. The smallest absolute Gasteiger partial charge is 0.346 e. The van der Waals surface area contributed by atoms with Gasteiger partial charge in [-0.2, -0.15) is 5.10 Å². The van der Waals surface area contributed by atoms with Crippen molar-refractivity contribution in [3.63, 3.8) is 0 Å². The second-order valence-corrected chi connectivity index (χ2v) is 7.67. The van der Waals surface area contributed by atoms with Crippen LogP contribution in [0.1, 0.15) is 25.8 Å². The average molecular weight is 440 g/mol. The second-order valence-electron chi connectivity index (χ2n) is 7.24. The quantitative estimate of drug-likeness (QED) is 0.479. The molecular formula is C21H18ClN5O4. The third kappa shape index (κ3) is 3.32. The van der Waals surface area contributed by atoms with Crippen molar-refractivity contribution in [1.82, 2.24) is 19.9 Å². The van der Waals surface area contributed by atoms with E-state index < -0.39 is 28.9 Å². The fourth-order valence-electron chi connectivity index (χ4n) is 3.33. The van der Waals surface area contributed by atoms with E-state index in [0.717, 1.165) is 4.57 Å². The Morgan fingerprint density at radius 3 is 2.52 bits per heavy atom. The third-order valence-corrected chi connectivity index (χ3v) is 5.52. The molecule has 1 saturated heterocycles. The molecule has 3 amide bonds. The van der Waals surface area contributed by atoms with E-state index in [1.165, 1.54) is 24.5 Å². The molecule has 1 atom stereocenters. The maximum atomic E-state index is 13.0. The van der Waals surface area contributed by atoms with Crippen LogP contribution in [0.5, 0.6) is 5.88 Å². The monoisotopic (exact) mass is 439 g/mol. The summed E-state index contributed by atoms with van der Waals surface area (Å²) >= 11 is 5.88. The van der Waals surface area contributed by atoms with Crippen molar-refractivity contribution < 1.29 is 14.7 Å². The molecule has 31 heavy (non-hydrogen) atoms. The molecule has 158 valence electrons. The van der Waals surface area contributed by atoms with E-state index in [1.807, 2.05) is 0 Å². The highest BCUT2D eigenvalue weighted by Gasteiger charge is 2.46. The Balaban J connectivity index is 1.89. The number of rotatable bonds is 4. The van der Waals surface area contributed by atoms with Crippen molar-refractivity contribution in [2.24, 2.45) is 5.10 Å². The minimum absolute atomic E-state index is 0.151. The van der Waals surface area contributed by atoms with Gasteiger partial charge in [0.25, 0.3) is 11.5 Å². The number of amides is 3. The molecule has 0 radical (unpaired) electrons.